The van der Waals surface area contributed by atoms with Crippen molar-refractivity contribution < 1.29 is 9.53 Å². The van der Waals surface area contributed by atoms with Gasteiger partial charge in [0.05, 0.1) is 36.6 Å². The number of hydrogen-bond acceptors (Lipinski definition) is 6. The molecule has 3 aromatic rings. The van der Waals surface area contributed by atoms with E-state index in [9.17, 15) is 4.79 Å². The molecule has 0 atom stereocenters. The van der Waals surface area contributed by atoms with Gasteiger partial charge >= 0.3 is 0 Å². The van der Waals surface area contributed by atoms with Crippen LogP contribution in [0.15, 0.2) is 18.3 Å². The number of nitrogens with one attached hydrogen (secondary N) is 2. The second kappa shape index (κ2) is 11.0. The van der Waals surface area contributed by atoms with E-state index in [2.05, 4.69) is 51.3 Å². The fourth-order valence-corrected chi connectivity index (χ4v) is 5.70. The van der Waals surface area contributed by atoms with Crippen LogP contribution in [0.25, 0.3) is 10.9 Å². The number of amides is 1. The highest BCUT2D eigenvalue weighted by Crippen LogP contribution is 2.34. The zero-order valence-corrected chi connectivity index (χ0v) is 22.9. The van der Waals surface area contributed by atoms with Gasteiger partial charge in [0, 0.05) is 40.3 Å². The van der Waals surface area contributed by atoms with Crippen LogP contribution in [-0.4, -0.2) is 65.8 Å². The average molecular weight is 513 g/mol. The van der Waals surface area contributed by atoms with Crippen molar-refractivity contribution in [2.45, 2.75) is 65.1 Å². The van der Waals surface area contributed by atoms with E-state index in [0.29, 0.717) is 28.5 Å². The predicted octanol–water partition coefficient (Wildman–Crippen LogP) is 4.87. The molecule has 1 aliphatic carbocycles. The predicted molar refractivity (Wildman–Crippen MR) is 145 cm³/mol. The molecule has 194 valence electrons. The first-order chi connectivity index (χ1) is 17.2. The Morgan fingerprint density at radius 3 is 2.53 bits per heavy atom. The Morgan fingerprint density at radius 2 is 1.89 bits per heavy atom. The Morgan fingerprint density at radius 1 is 1.19 bits per heavy atom. The van der Waals surface area contributed by atoms with Gasteiger partial charge in [-0.25, -0.2) is 4.98 Å². The molecule has 2 heterocycles. The van der Waals surface area contributed by atoms with Gasteiger partial charge in [0.1, 0.15) is 0 Å². The molecule has 4 rings (SSSR count). The van der Waals surface area contributed by atoms with Gasteiger partial charge in [-0.3, -0.25) is 9.89 Å². The highest BCUT2D eigenvalue weighted by molar-refractivity contribution is 6.31. The molecule has 1 amide bonds. The van der Waals surface area contributed by atoms with Crippen molar-refractivity contribution in [3.8, 4) is 5.88 Å². The van der Waals surface area contributed by atoms with E-state index in [-0.39, 0.29) is 12.5 Å². The Balaban J connectivity index is 1.57. The molecule has 0 unspecified atom stereocenters. The minimum atomic E-state index is -0.182. The monoisotopic (exact) mass is 512 g/mol. The number of ether oxygens (including phenoxy) is 1. The molecular weight excluding hydrogens is 476 g/mol. The van der Waals surface area contributed by atoms with E-state index >= 15 is 0 Å². The first-order valence-corrected chi connectivity index (χ1v) is 13.0. The van der Waals surface area contributed by atoms with Crippen LogP contribution in [-0.2, 0) is 6.54 Å². The van der Waals surface area contributed by atoms with Crippen molar-refractivity contribution in [3.05, 3.63) is 45.7 Å². The van der Waals surface area contributed by atoms with Crippen molar-refractivity contribution in [3.63, 3.8) is 0 Å². The van der Waals surface area contributed by atoms with Crippen LogP contribution in [0.5, 0.6) is 5.88 Å². The Bertz CT molecular complexity index is 1230. The van der Waals surface area contributed by atoms with Crippen LogP contribution >= 0.6 is 11.6 Å². The molecule has 0 spiro atoms. The van der Waals surface area contributed by atoms with Crippen molar-refractivity contribution >= 4 is 34.1 Å². The smallest absolute Gasteiger partial charge is 0.251 e. The summed E-state index contributed by atoms with van der Waals surface area (Å²) in [6.07, 6.45) is 6.35. The summed E-state index contributed by atoms with van der Waals surface area (Å²) in [5.41, 5.74) is 4.95. The van der Waals surface area contributed by atoms with Crippen LogP contribution in [0.2, 0.25) is 5.02 Å². The van der Waals surface area contributed by atoms with Gasteiger partial charge in [-0.15, -0.1) is 0 Å². The van der Waals surface area contributed by atoms with Crippen LogP contribution in [0.1, 0.15) is 59.8 Å². The molecule has 2 N–H and O–H groups in total. The number of anilines is 1. The maximum absolute atomic E-state index is 13.4. The molecule has 36 heavy (non-hydrogen) atoms. The molecule has 1 fully saturated rings. The lowest BCUT2D eigenvalue weighted by Gasteiger charge is -2.40. The number of aromatic amines is 1. The van der Waals surface area contributed by atoms with Gasteiger partial charge in [0.2, 0.25) is 5.88 Å². The SMILES string of the molecule is CCN(c1cc(Cl)cc(C(=O)NCc2c(OC)nc(C)c3cn[nH]c23)c1C)[C@H]1CC[C@H](N(C)C)CC1. The zero-order chi connectivity index (χ0) is 26.0. The number of methoxy groups -OCH3 is 1. The molecule has 0 aliphatic heterocycles. The fraction of sp³-hybridized carbons (Fsp3) is 0.519. The molecule has 2 aromatic heterocycles. The summed E-state index contributed by atoms with van der Waals surface area (Å²) in [5.74, 6) is 0.289. The second-order valence-corrected chi connectivity index (χ2v) is 10.3. The standard InChI is InChI=1S/C27H37ClN6O2/c1-7-34(20-10-8-19(9-11-20)33(4)5)24-13-18(28)12-21(16(24)2)26(35)29-14-23-25-22(15-30-32-25)17(3)31-27(23)36-6/h12-13,15,19-20H,7-11,14H2,1-6H3,(H,29,35)(H,30,32)/t19-,20-. The number of aromatic nitrogens is 3. The quantitative estimate of drug-likeness (QED) is 0.448. The number of pyridine rings is 1. The normalized spacial score (nSPS) is 18.0. The summed E-state index contributed by atoms with van der Waals surface area (Å²) < 4.78 is 5.50. The van der Waals surface area contributed by atoms with E-state index in [1.165, 1.54) is 12.8 Å². The van der Waals surface area contributed by atoms with Gasteiger partial charge in [-0.2, -0.15) is 5.10 Å². The third kappa shape index (κ3) is 5.15. The van der Waals surface area contributed by atoms with Crippen LogP contribution in [0.3, 0.4) is 0 Å². The van der Waals surface area contributed by atoms with Crippen molar-refractivity contribution in [2.75, 3.05) is 32.6 Å². The van der Waals surface area contributed by atoms with Gasteiger partial charge in [0.25, 0.3) is 5.91 Å². The third-order valence-corrected chi connectivity index (χ3v) is 7.77. The topological polar surface area (TPSA) is 86.4 Å². The summed E-state index contributed by atoms with van der Waals surface area (Å²) in [7, 11) is 5.90. The molecule has 9 heteroatoms. The maximum atomic E-state index is 13.4. The number of nitrogens with zero attached hydrogens (tertiary/aromatic N) is 4. The summed E-state index contributed by atoms with van der Waals surface area (Å²) in [6.45, 7) is 7.21. The lowest BCUT2D eigenvalue weighted by molar-refractivity contribution is 0.0950. The molecule has 0 bridgehead atoms. The Hall–Kier alpha value is -2.84. The Labute approximate surface area is 218 Å². The maximum Gasteiger partial charge on any atom is 0.251 e. The summed E-state index contributed by atoms with van der Waals surface area (Å²) in [6, 6.07) is 4.83. The number of H-pyrrole nitrogens is 1. The van der Waals surface area contributed by atoms with Gasteiger partial charge in [0.15, 0.2) is 0 Å². The number of halogens is 1. The van der Waals surface area contributed by atoms with Crippen LogP contribution in [0.4, 0.5) is 5.69 Å². The first kappa shape index (κ1) is 26.2. The number of carbonyl (C=O) groups excluding carboxylic acids is 1. The summed E-state index contributed by atoms with van der Waals surface area (Å²) >= 11 is 6.56. The number of fused-ring (bicyclic) bond motifs is 1. The van der Waals surface area contributed by atoms with E-state index in [1.54, 1.807) is 19.4 Å². The molecule has 1 aliphatic rings. The molecule has 0 saturated heterocycles. The fourth-order valence-electron chi connectivity index (χ4n) is 5.48. The number of carbonyl (C=O) groups is 1. The minimum Gasteiger partial charge on any atom is -0.481 e. The number of benzene rings is 1. The van der Waals surface area contributed by atoms with E-state index in [0.717, 1.165) is 52.8 Å². The lowest BCUT2D eigenvalue weighted by Crippen LogP contribution is -2.42. The van der Waals surface area contributed by atoms with E-state index in [1.807, 2.05) is 19.9 Å². The van der Waals surface area contributed by atoms with Crippen molar-refractivity contribution in [2.24, 2.45) is 0 Å². The molecule has 8 nitrogen and oxygen atoms in total. The highest BCUT2D eigenvalue weighted by Gasteiger charge is 2.28. The average Bonchev–Trinajstić information content (AvgIpc) is 3.36. The van der Waals surface area contributed by atoms with Gasteiger partial charge in [-0.1, -0.05) is 11.6 Å². The molecule has 1 aromatic carbocycles. The molecule has 1 saturated carbocycles. The summed E-state index contributed by atoms with van der Waals surface area (Å²) in [4.78, 5) is 22.7. The third-order valence-electron chi connectivity index (χ3n) is 7.55. The number of rotatable bonds is 8. The number of aryl methyl sites for hydroxylation is 1. The van der Waals surface area contributed by atoms with Gasteiger partial charge in [-0.05, 0) is 78.2 Å². The summed E-state index contributed by atoms with van der Waals surface area (Å²) in [5, 5.41) is 11.7. The Kier molecular flexibility index (Phi) is 8.05. The van der Waals surface area contributed by atoms with Crippen LogP contribution < -0.4 is 15.0 Å². The molecule has 0 radical (unpaired) electrons. The number of hydrogen-bond donors (Lipinski definition) is 2. The van der Waals surface area contributed by atoms with Crippen molar-refractivity contribution in [1.29, 1.82) is 0 Å². The minimum absolute atomic E-state index is 0.182. The zero-order valence-electron chi connectivity index (χ0n) is 22.1. The van der Waals surface area contributed by atoms with Gasteiger partial charge < -0.3 is 19.9 Å². The molecular formula is C27H37ClN6O2. The second-order valence-electron chi connectivity index (χ2n) is 9.84. The highest BCUT2D eigenvalue weighted by atomic mass is 35.5. The first-order valence-electron chi connectivity index (χ1n) is 12.6. The van der Waals surface area contributed by atoms with Crippen LogP contribution in [0, 0.1) is 13.8 Å². The lowest BCUT2D eigenvalue weighted by atomic mass is 9.89. The largest absolute Gasteiger partial charge is 0.481 e. The van der Waals surface area contributed by atoms with E-state index < -0.39 is 0 Å². The van der Waals surface area contributed by atoms with Crippen molar-refractivity contribution in [1.82, 2.24) is 25.4 Å². The van der Waals surface area contributed by atoms with E-state index in [4.69, 9.17) is 16.3 Å².